The molecule has 20 heavy (non-hydrogen) atoms. The number of benzene rings is 1. The van der Waals surface area contributed by atoms with E-state index in [0.717, 1.165) is 13.0 Å². The number of rotatable bonds is 8. The average Bonchev–Trinajstić information content (AvgIpc) is 2.44. The van der Waals surface area contributed by atoms with Crippen LogP contribution in [-0.2, 0) is 0 Å². The highest BCUT2D eigenvalue weighted by molar-refractivity contribution is 9.10. The predicted octanol–water partition coefficient (Wildman–Crippen LogP) is 4.66. The van der Waals surface area contributed by atoms with Gasteiger partial charge in [0.25, 0.3) is 0 Å². The number of hydrogen-bond donors (Lipinski definition) is 1. The van der Waals surface area contributed by atoms with Gasteiger partial charge in [-0.3, -0.25) is 4.90 Å². The summed E-state index contributed by atoms with van der Waals surface area (Å²) in [5.74, 6) is 0. The van der Waals surface area contributed by atoms with Crippen molar-refractivity contribution in [3.05, 3.63) is 33.8 Å². The molecule has 2 N–H and O–H groups in total. The van der Waals surface area contributed by atoms with Crippen molar-refractivity contribution in [2.24, 2.45) is 5.73 Å². The molecule has 0 saturated carbocycles. The van der Waals surface area contributed by atoms with Gasteiger partial charge in [-0.25, -0.2) is 0 Å². The van der Waals surface area contributed by atoms with Gasteiger partial charge in [-0.05, 0) is 50.4 Å². The number of hydrogen-bond acceptors (Lipinski definition) is 2. The Kier molecular flexibility index (Phi) is 7.78. The number of nitrogens with two attached hydrogens (primary N) is 1. The Balaban J connectivity index is 3.04. The molecule has 0 fully saturated rings. The Labute approximate surface area is 132 Å². The first-order valence-electron chi connectivity index (χ1n) is 7.76. The summed E-state index contributed by atoms with van der Waals surface area (Å²) < 4.78 is 1.18. The first-order chi connectivity index (χ1) is 9.54. The van der Waals surface area contributed by atoms with Crippen molar-refractivity contribution in [3.63, 3.8) is 0 Å². The Morgan fingerprint density at radius 3 is 2.50 bits per heavy atom. The smallest absolute Gasteiger partial charge is 0.0484 e. The molecule has 0 spiro atoms. The molecule has 0 aliphatic carbocycles. The first-order valence-corrected chi connectivity index (χ1v) is 8.56. The van der Waals surface area contributed by atoms with Crippen LogP contribution < -0.4 is 5.73 Å². The number of unbranched alkanes of at least 4 members (excludes halogenated alkanes) is 1. The minimum atomic E-state index is 0.298. The molecule has 3 heteroatoms. The van der Waals surface area contributed by atoms with E-state index in [1.807, 2.05) is 0 Å². The van der Waals surface area contributed by atoms with Gasteiger partial charge in [0.2, 0.25) is 0 Å². The summed E-state index contributed by atoms with van der Waals surface area (Å²) in [6.45, 7) is 10.7. The van der Waals surface area contributed by atoms with E-state index < -0.39 is 0 Å². The third-order valence-corrected chi connectivity index (χ3v) is 4.75. The summed E-state index contributed by atoms with van der Waals surface area (Å²) >= 11 is 3.71. The Morgan fingerprint density at radius 2 is 2.00 bits per heavy atom. The van der Waals surface area contributed by atoms with Gasteiger partial charge in [0.1, 0.15) is 0 Å². The second kappa shape index (κ2) is 8.81. The lowest BCUT2D eigenvalue weighted by Crippen LogP contribution is -2.40. The van der Waals surface area contributed by atoms with E-state index in [1.54, 1.807) is 0 Å². The molecular weight excluding hydrogens is 312 g/mol. The molecule has 1 aromatic rings. The maximum Gasteiger partial charge on any atom is 0.0484 e. The molecule has 0 aliphatic heterocycles. The Hall–Kier alpha value is -0.380. The van der Waals surface area contributed by atoms with Gasteiger partial charge in [-0.1, -0.05) is 48.3 Å². The van der Waals surface area contributed by atoms with Crippen LogP contribution in [0.2, 0.25) is 0 Å². The van der Waals surface area contributed by atoms with Crippen molar-refractivity contribution >= 4 is 15.9 Å². The molecule has 2 unspecified atom stereocenters. The van der Waals surface area contributed by atoms with Crippen molar-refractivity contribution in [1.29, 1.82) is 0 Å². The lowest BCUT2D eigenvalue weighted by atomic mass is 10.0. The Morgan fingerprint density at radius 1 is 1.30 bits per heavy atom. The van der Waals surface area contributed by atoms with Crippen LogP contribution in [0.3, 0.4) is 0 Å². The molecule has 0 aromatic heterocycles. The second-order valence-corrected chi connectivity index (χ2v) is 6.48. The molecule has 1 aromatic carbocycles. The SMILES string of the molecule is CCCCN(C(C)CC)C(CN)c1ccc(C)cc1Br. The van der Waals surface area contributed by atoms with E-state index in [9.17, 15) is 0 Å². The van der Waals surface area contributed by atoms with Gasteiger partial charge >= 0.3 is 0 Å². The molecule has 2 nitrogen and oxygen atoms in total. The topological polar surface area (TPSA) is 29.3 Å². The van der Waals surface area contributed by atoms with Crippen LogP contribution in [-0.4, -0.2) is 24.0 Å². The lowest BCUT2D eigenvalue weighted by molar-refractivity contribution is 0.140. The van der Waals surface area contributed by atoms with Gasteiger partial charge in [0, 0.05) is 23.1 Å². The third-order valence-electron chi connectivity index (χ3n) is 4.07. The summed E-state index contributed by atoms with van der Waals surface area (Å²) in [7, 11) is 0. The zero-order valence-corrected chi connectivity index (χ0v) is 14.9. The van der Waals surface area contributed by atoms with Gasteiger partial charge in [-0.15, -0.1) is 0 Å². The standard InChI is InChI=1S/C17H29BrN2/c1-5-7-10-20(14(4)6-2)17(12-19)15-9-8-13(3)11-16(15)18/h8-9,11,14,17H,5-7,10,12,19H2,1-4H3. The van der Waals surface area contributed by atoms with E-state index >= 15 is 0 Å². The van der Waals surface area contributed by atoms with Crippen LogP contribution in [0, 0.1) is 6.92 Å². The molecule has 2 atom stereocenters. The molecular formula is C17H29BrN2. The summed E-state index contributed by atoms with van der Waals surface area (Å²) in [5.41, 5.74) is 8.71. The van der Waals surface area contributed by atoms with Crippen LogP contribution in [0.4, 0.5) is 0 Å². The number of nitrogens with zero attached hydrogens (tertiary/aromatic N) is 1. The molecule has 0 bridgehead atoms. The minimum absolute atomic E-state index is 0.298. The summed E-state index contributed by atoms with van der Waals surface area (Å²) in [4.78, 5) is 2.57. The highest BCUT2D eigenvalue weighted by Crippen LogP contribution is 2.30. The maximum atomic E-state index is 6.11. The van der Waals surface area contributed by atoms with E-state index in [-0.39, 0.29) is 0 Å². The van der Waals surface area contributed by atoms with Crippen LogP contribution in [0.1, 0.15) is 57.2 Å². The van der Waals surface area contributed by atoms with Crippen molar-refractivity contribution in [1.82, 2.24) is 4.90 Å². The molecule has 0 radical (unpaired) electrons. The van der Waals surface area contributed by atoms with Crippen molar-refractivity contribution < 1.29 is 0 Å². The molecule has 0 saturated heterocycles. The predicted molar refractivity (Wildman–Crippen MR) is 92.0 cm³/mol. The van der Waals surface area contributed by atoms with E-state index in [1.165, 1.54) is 28.4 Å². The molecule has 0 amide bonds. The highest BCUT2D eigenvalue weighted by atomic mass is 79.9. The van der Waals surface area contributed by atoms with E-state index in [2.05, 4.69) is 66.7 Å². The normalized spacial score (nSPS) is 14.6. The zero-order chi connectivity index (χ0) is 15.1. The average molecular weight is 341 g/mol. The van der Waals surface area contributed by atoms with Crippen LogP contribution in [0.5, 0.6) is 0 Å². The lowest BCUT2D eigenvalue weighted by Gasteiger charge is -2.36. The van der Waals surface area contributed by atoms with Gasteiger partial charge in [0.05, 0.1) is 0 Å². The quantitative estimate of drug-likeness (QED) is 0.745. The van der Waals surface area contributed by atoms with Crippen molar-refractivity contribution in [2.75, 3.05) is 13.1 Å². The highest BCUT2D eigenvalue weighted by Gasteiger charge is 2.24. The summed E-state index contributed by atoms with van der Waals surface area (Å²) in [6, 6.07) is 7.44. The van der Waals surface area contributed by atoms with Crippen LogP contribution in [0.25, 0.3) is 0 Å². The number of aryl methyl sites for hydroxylation is 1. The summed E-state index contributed by atoms with van der Waals surface area (Å²) in [5, 5.41) is 0. The fourth-order valence-corrected chi connectivity index (χ4v) is 3.36. The summed E-state index contributed by atoms with van der Waals surface area (Å²) in [6.07, 6.45) is 3.60. The van der Waals surface area contributed by atoms with Crippen molar-refractivity contribution in [2.45, 2.75) is 59.0 Å². The fraction of sp³-hybridized carbons (Fsp3) is 0.647. The monoisotopic (exact) mass is 340 g/mol. The number of halogens is 1. The largest absolute Gasteiger partial charge is 0.329 e. The molecule has 0 aliphatic rings. The first kappa shape index (κ1) is 17.7. The molecule has 0 heterocycles. The maximum absolute atomic E-state index is 6.11. The van der Waals surface area contributed by atoms with Gasteiger partial charge < -0.3 is 5.73 Å². The fourth-order valence-electron chi connectivity index (χ4n) is 2.60. The Bertz CT molecular complexity index is 406. The minimum Gasteiger partial charge on any atom is -0.329 e. The van der Waals surface area contributed by atoms with E-state index in [4.69, 9.17) is 5.73 Å². The van der Waals surface area contributed by atoms with Crippen molar-refractivity contribution in [3.8, 4) is 0 Å². The van der Waals surface area contributed by atoms with Gasteiger partial charge in [-0.2, -0.15) is 0 Å². The second-order valence-electron chi connectivity index (χ2n) is 5.63. The van der Waals surface area contributed by atoms with Gasteiger partial charge in [0.15, 0.2) is 0 Å². The van der Waals surface area contributed by atoms with Crippen LogP contribution in [0.15, 0.2) is 22.7 Å². The third kappa shape index (κ3) is 4.57. The van der Waals surface area contributed by atoms with E-state index in [0.29, 0.717) is 18.6 Å². The molecule has 1 rings (SSSR count). The van der Waals surface area contributed by atoms with Crippen LogP contribution >= 0.6 is 15.9 Å². The molecule has 114 valence electrons. The zero-order valence-electron chi connectivity index (χ0n) is 13.3.